The fourth-order valence-electron chi connectivity index (χ4n) is 2.73. The Hall–Kier alpha value is -1.88. The Kier molecular flexibility index (Phi) is 4.40. The summed E-state index contributed by atoms with van der Waals surface area (Å²) in [4.78, 5) is 0. The number of aliphatic hydroxyl groups is 1. The Morgan fingerprint density at radius 2 is 1.57 bits per heavy atom. The summed E-state index contributed by atoms with van der Waals surface area (Å²) in [5.74, 6) is 0. The summed E-state index contributed by atoms with van der Waals surface area (Å²) in [6.07, 6.45) is 0. The number of fused-ring (bicyclic) bond motifs is 3. The quantitative estimate of drug-likeness (QED) is 0.563. The normalized spacial score (nSPS) is 12.0. The molecule has 2 N–H and O–H groups in total. The summed E-state index contributed by atoms with van der Waals surface area (Å²) in [5.41, 5.74) is 0.376. The van der Waals surface area contributed by atoms with E-state index in [0.29, 0.717) is 0 Å². The second kappa shape index (κ2) is 6.32. The molecule has 0 saturated carbocycles. The van der Waals surface area contributed by atoms with Crippen LogP contribution in [0.3, 0.4) is 0 Å². The Morgan fingerprint density at radius 1 is 0.957 bits per heavy atom. The maximum atomic E-state index is 10.5. The van der Waals surface area contributed by atoms with Crippen LogP contribution < -0.4 is 5.46 Å². The van der Waals surface area contributed by atoms with Crippen LogP contribution in [-0.4, -0.2) is 30.5 Å². The van der Waals surface area contributed by atoms with Crippen LogP contribution in [0, 0.1) is 5.41 Å². The van der Waals surface area contributed by atoms with Gasteiger partial charge in [0.2, 0.25) is 0 Å². The molecule has 0 fully saturated rings. The van der Waals surface area contributed by atoms with Gasteiger partial charge in [-0.1, -0.05) is 68.4 Å². The maximum Gasteiger partial charge on any atom is 0.491 e. The summed E-state index contributed by atoms with van der Waals surface area (Å²) in [7, 11) is -1.02. The Morgan fingerprint density at radius 3 is 2.26 bits per heavy atom. The third-order valence-corrected chi connectivity index (χ3v) is 4.13. The summed E-state index contributed by atoms with van der Waals surface area (Å²) >= 11 is 0. The van der Waals surface area contributed by atoms with Crippen molar-refractivity contribution < 1.29 is 14.8 Å². The highest BCUT2D eigenvalue weighted by atomic mass is 16.5. The third-order valence-electron chi connectivity index (χ3n) is 4.13. The first-order valence-electron chi connectivity index (χ1n) is 7.83. The highest BCUT2D eigenvalue weighted by Crippen LogP contribution is 2.24. The Labute approximate surface area is 136 Å². The van der Waals surface area contributed by atoms with Crippen molar-refractivity contribution in [2.75, 3.05) is 13.2 Å². The maximum absolute atomic E-state index is 10.5. The molecule has 0 aromatic heterocycles. The van der Waals surface area contributed by atoms with Crippen molar-refractivity contribution >= 4 is 34.1 Å². The smallest absolute Gasteiger partial charge is 0.423 e. The molecule has 3 nitrogen and oxygen atoms in total. The van der Waals surface area contributed by atoms with Gasteiger partial charge in [0.05, 0.1) is 6.61 Å². The molecule has 0 aliphatic rings. The highest BCUT2D eigenvalue weighted by Gasteiger charge is 2.25. The lowest BCUT2D eigenvalue weighted by atomic mass is 9.74. The molecule has 0 aliphatic heterocycles. The summed E-state index contributed by atoms with van der Waals surface area (Å²) in [6.45, 7) is 4.10. The number of rotatable bonds is 5. The van der Waals surface area contributed by atoms with Crippen LogP contribution in [0.5, 0.6) is 0 Å². The molecular formula is C19H21BO3. The first-order valence-corrected chi connectivity index (χ1v) is 7.83. The predicted octanol–water partition coefficient (Wildman–Crippen LogP) is 2.72. The molecule has 3 rings (SSSR count). The van der Waals surface area contributed by atoms with E-state index >= 15 is 0 Å². The lowest BCUT2D eigenvalue weighted by Gasteiger charge is -2.23. The minimum Gasteiger partial charge on any atom is -0.423 e. The van der Waals surface area contributed by atoms with Gasteiger partial charge in [0.15, 0.2) is 0 Å². The molecule has 0 aliphatic carbocycles. The zero-order valence-corrected chi connectivity index (χ0v) is 13.5. The molecule has 3 aromatic carbocycles. The van der Waals surface area contributed by atoms with Crippen molar-refractivity contribution in [3.05, 3.63) is 54.6 Å². The lowest BCUT2D eigenvalue weighted by molar-refractivity contribution is 0.0887. The van der Waals surface area contributed by atoms with Crippen LogP contribution in [0.1, 0.15) is 13.8 Å². The number of aliphatic hydroxyl groups excluding tert-OH is 1. The average molecular weight is 308 g/mol. The SMILES string of the molecule is CC(C)(CO)COB(O)c1cc2ccccc2c2ccccc12. The first kappa shape index (κ1) is 16.0. The minimum atomic E-state index is -1.02. The number of hydrogen-bond donors (Lipinski definition) is 2. The van der Waals surface area contributed by atoms with Crippen molar-refractivity contribution in [2.45, 2.75) is 13.8 Å². The molecule has 0 saturated heterocycles. The van der Waals surface area contributed by atoms with Crippen molar-refractivity contribution in [3.8, 4) is 0 Å². The second-order valence-electron chi connectivity index (χ2n) is 6.72. The van der Waals surface area contributed by atoms with Crippen molar-refractivity contribution in [1.29, 1.82) is 0 Å². The Balaban J connectivity index is 2.05. The first-order chi connectivity index (χ1) is 11.0. The third kappa shape index (κ3) is 3.25. The van der Waals surface area contributed by atoms with Gasteiger partial charge in [0, 0.05) is 12.0 Å². The van der Waals surface area contributed by atoms with Gasteiger partial charge >= 0.3 is 7.12 Å². The van der Waals surface area contributed by atoms with E-state index in [2.05, 4.69) is 12.1 Å². The van der Waals surface area contributed by atoms with E-state index in [1.54, 1.807) is 0 Å². The summed E-state index contributed by atoms with van der Waals surface area (Å²) in [5, 5.41) is 24.2. The molecule has 118 valence electrons. The van der Waals surface area contributed by atoms with Crippen LogP contribution in [0.2, 0.25) is 0 Å². The fourth-order valence-corrected chi connectivity index (χ4v) is 2.73. The molecule has 23 heavy (non-hydrogen) atoms. The topological polar surface area (TPSA) is 49.7 Å². The van der Waals surface area contributed by atoms with E-state index in [4.69, 9.17) is 4.65 Å². The number of hydrogen-bond acceptors (Lipinski definition) is 3. The summed E-state index contributed by atoms with van der Waals surface area (Å²) in [6, 6.07) is 18.1. The van der Waals surface area contributed by atoms with Gasteiger partial charge in [-0.25, -0.2) is 0 Å². The van der Waals surface area contributed by atoms with E-state index in [-0.39, 0.29) is 18.6 Å². The zero-order valence-electron chi connectivity index (χ0n) is 13.5. The average Bonchev–Trinajstić information content (AvgIpc) is 2.59. The monoisotopic (exact) mass is 308 g/mol. The molecule has 0 bridgehead atoms. The lowest BCUT2D eigenvalue weighted by Crippen LogP contribution is -2.38. The van der Waals surface area contributed by atoms with Crippen LogP contribution in [0.25, 0.3) is 21.5 Å². The fraction of sp³-hybridized carbons (Fsp3) is 0.263. The summed E-state index contributed by atoms with van der Waals surface area (Å²) < 4.78 is 5.64. The van der Waals surface area contributed by atoms with E-state index in [0.717, 1.165) is 27.0 Å². The van der Waals surface area contributed by atoms with Gasteiger partial charge in [0.25, 0.3) is 0 Å². The molecule has 0 amide bonds. The van der Waals surface area contributed by atoms with Crippen LogP contribution >= 0.6 is 0 Å². The molecule has 0 heterocycles. The van der Waals surface area contributed by atoms with Crippen molar-refractivity contribution in [3.63, 3.8) is 0 Å². The standard InChI is InChI=1S/C19H21BO3/c1-19(2,12-21)13-23-20(22)18-11-14-7-3-4-8-15(14)16-9-5-6-10-17(16)18/h3-11,21-22H,12-13H2,1-2H3. The highest BCUT2D eigenvalue weighted by molar-refractivity contribution is 6.63. The van der Waals surface area contributed by atoms with Gasteiger partial charge in [0.1, 0.15) is 0 Å². The van der Waals surface area contributed by atoms with Gasteiger partial charge in [-0.2, -0.15) is 0 Å². The van der Waals surface area contributed by atoms with Gasteiger partial charge in [-0.15, -0.1) is 0 Å². The molecular weight excluding hydrogens is 287 g/mol. The van der Waals surface area contributed by atoms with Gasteiger partial charge in [-0.3, -0.25) is 0 Å². The van der Waals surface area contributed by atoms with Crippen molar-refractivity contribution in [1.82, 2.24) is 0 Å². The molecule has 0 atom stereocenters. The minimum absolute atomic E-state index is 0.0121. The largest absolute Gasteiger partial charge is 0.491 e. The Bertz CT molecular complexity index is 829. The van der Waals surface area contributed by atoms with Crippen molar-refractivity contribution in [2.24, 2.45) is 5.41 Å². The van der Waals surface area contributed by atoms with E-state index in [1.807, 2.05) is 56.3 Å². The van der Waals surface area contributed by atoms with Crippen LogP contribution in [0.15, 0.2) is 54.6 Å². The number of benzene rings is 3. The van der Waals surface area contributed by atoms with E-state index in [1.165, 1.54) is 0 Å². The molecule has 4 heteroatoms. The van der Waals surface area contributed by atoms with Gasteiger partial charge < -0.3 is 14.8 Å². The molecule has 0 radical (unpaired) electrons. The van der Waals surface area contributed by atoms with Gasteiger partial charge in [-0.05, 0) is 27.0 Å². The van der Waals surface area contributed by atoms with E-state index < -0.39 is 7.12 Å². The second-order valence-corrected chi connectivity index (χ2v) is 6.72. The van der Waals surface area contributed by atoms with Crippen LogP contribution in [0.4, 0.5) is 0 Å². The molecule has 0 unspecified atom stereocenters. The zero-order chi connectivity index (χ0) is 16.4. The molecule has 0 spiro atoms. The van der Waals surface area contributed by atoms with Crippen LogP contribution in [-0.2, 0) is 4.65 Å². The van der Waals surface area contributed by atoms with E-state index in [9.17, 15) is 10.1 Å². The predicted molar refractivity (Wildman–Crippen MR) is 95.9 cm³/mol. The molecule has 3 aromatic rings.